The van der Waals surface area contributed by atoms with Crippen molar-refractivity contribution in [3.05, 3.63) is 88.2 Å². The number of nitrogens with zero attached hydrogens (tertiary/aromatic N) is 1. The zero-order valence-corrected chi connectivity index (χ0v) is 24.9. The molecule has 0 aromatic heterocycles. The van der Waals surface area contributed by atoms with Crippen LogP contribution < -0.4 is 14.4 Å². The number of esters is 1. The third kappa shape index (κ3) is 7.50. The highest BCUT2D eigenvalue weighted by Gasteiger charge is 2.47. The van der Waals surface area contributed by atoms with Crippen LogP contribution in [0.4, 0.5) is 23.2 Å². The van der Waals surface area contributed by atoms with Gasteiger partial charge in [0.25, 0.3) is 0 Å². The van der Waals surface area contributed by atoms with Crippen LogP contribution in [0.15, 0.2) is 54.6 Å². The first-order valence-corrected chi connectivity index (χ1v) is 14.1. The van der Waals surface area contributed by atoms with Gasteiger partial charge in [-0.25, -0.2) is 4.39 Å². The zero-order valence-electron chi connectivity index (χ0n) is 24.9. The molecule has 0 aliphatic heterocycles. The number of aryl methyl sites for hydroxylation is 1. The Balaban J connectivity index is 1.85. The van der Waals surface area contributed by atoms with E-state index < -0.39 is 59.2 Å². The van der Waals surface area contributed by atoms with Gasteiger partial charge in [-0.15, -0.1) is 0 Å². The molecular formula is C33H35F4NO6. The van der Waals surface area contributed by atoms with E-state index in [-0.39, 0.29) is 24.3 Å². The van der Waals surface area contributed by atoms with E-state index in [0.717, 1.165) is 24.3 Å². The predicted molar refractivity (Wildman–Crippen MR) is 155 cm³/mol. The summed E-state index contributed by atoms with van der Waals surface area (Å²) in [6.07, 6.45) is -7.00. The smallest absolute Gasteiger partial charge is 0.417 e. The SMILES string of the molecule is COC(=O)CC(=O)C(C1CC1)C(O)c1c(F)c(N(Cc2ccc(OC)cc2)Cc2ccc(OC)cc2)cc(C)c1C(F)(F)F. The molecule has 0 heterocycles. The van der Waals surface area contributed by atoms with Gasteiger partial charge in [0, 0.05) is 18.7 Å². The fourth-order valence-electron chi connectivity index (χ4n) is 5.48. The van der Waals surface area contributed by atoms with Crippen LogP contribution in [-0.4, -0.2) is 38.2 Å². The second kappa shape index (κ2) is 13.7. The summed E-state index contributed by atoms with van der Waals surface area (Å²) < 4.78 is 75.1. The lowest BCUT2D eigenvalue weighted by atomic mass is 9.83. The number of hydrogen-bond acceptors (Lipinski definition) is 7. The average molecular weight is 618 g/mol. The molecule has 44 heavy (non-hydrogen) atoms. The highest BCUT2D eigenvalue weighted by atomic mass is 19.4. The molecule has 0 saturated heterocycles. The fraction of sp³-hybridized carbons (Fsp3) is 0.394. The van der Waals surface area contributed by atoms with Crippen molar-refractivity contribution in [3.8, 4) is 11.5 Å². The van der Waals surface area contributed by atoms with Crippen LogP contribution in [0.25, 0.3) is 0 Å². The molecule has 0 radical (unpaired) electrons. The molecule has 2 unspecified atom stereocenters. The van der Waals surface area contributed by atoms with Crippen molar-refractivity contribution in [1.29, 1.82) is 0 Å². The molecule has 7 nitrogen and oxygen atoms in total. The van der Waals surface area contributed by atoms with Gasteiger partial charge in [0.15, 0.2) is 5.82 Å². The van der Waals surface area contributed by atoms with Crippen LogP contribution in [0.5, 0.6) is 11.5 Å². The lowest BCUT2D eigenvalue weighted by molar-refractivity contribution is -0.147. The van der Waals surface area contributed by atoms with Crippen molar-refractivity contribution in [1.82, 2.24) is 0 Å². The summed E-state index contributed by atoms with van der Waals surface area (Å²) in [4.78, 5) is 26.5. The Morgan fingerprint density at radius 3 is 1.84 bits per heavy atom. The van der Waals surface area contributed by atoms with Crippen molar-refractivity contribution in [3.63, 3.8) is 0 Å². The summed E-state index contributed by atoms with van der Waals surface area (Å²) in [6, 6.07) is 15.0. The van der Waals surface area contributed by atoms with E-state index in [1.807, 2.05) is 0 Å². The number of carbonyl (C=O) groups is 2. The van der Waals surface area contributed by atoms with Gasteiger partial charge in [0.05, 0.1) is 44.6 Å². The molecule has 2 atom stereocenters. The molecule has 1 N–H and O–H groups in total. The Morgan fingerprint density at radius 1 is 0.932 bits per heavy atom. The average Bonchev–Trinajstić information content (AvgIpc) is 3.82. The largest absolute Gasteiger partial charge is 0.497 e. The molecule has 0 bridgehead atoms. The van der Waals surface area contributed by atoms with E-state index in [9.17, 15) is 27.9 Å². The van der Waals surface area contributed by atoms with E-state index in [1.54, 1.807) is 53.4 Å². The normalized spacial score (nSPS) is 14.5. The Bertz CT molecular complexity index is 1420. The number of ketones is 1. The van der Waals surface area contributed by atoms with Gasteiger partial charge < -0.3 is 24.2 Å². The molecule has 1 fully saturated rings. The van der Waals surface area contributed by atoms with Gasteiger partial charge >= 0.3 is 12.1 Å². The van der Waals surface area contributed by atoms with Crippen LogP contribution >= 0.6 is 0 Å². The topological polar surface area (TPSA) is 85.3 Å². The maximum Gasteiger partial charge on any atom is 0.417 e. The maximum absolute atomic E-state index is 16.7. The minimum absolute atomic E-state index is 0.0978. The summed E-state index contributed by atoms with van der Waals surface area (Å²) in [5.74, 6) is -3.67. The highest BCUT2D eigenvalue weighted by molar-refractivity contribution is 5.97. The first-order valence-electron chi connectivity index (χ1n) is 14.1. The fourth-order valence-corrected chi connectivity index (χ4v) is 5.48. The van der Waals surface area contributed by atoms with Crippen LogP contribution in [0, 0.1) is 24.6 Å². The molecule has 0 amide bonds. The number of hydrogen-bond donors (Lipinski definition) is 1. The van der Waals surface area contributed by atoms with E-state index >= 15 is 4.39 Å². The van der Waals surface area contributed by atoms with Crippen molar-refractivity contribution in [2.75, 3.05) is 26.2 Å². The Kier molecular flexibility index (Phi) is 10.2. The van der Waals surface area contributed by atoms with Crippen molar-refractivity contribution in [2.45, 2.75) is 51.6 Å². The van der Waals surface area contributed by atoms with Crippen molar-refractivity contribution >= 4 is 17.4 Å². The van der Waals surface area contributed by atoms with Gasteiger partial charge in [-0.1, -0.05) is 24.3 Å². The molecule has 1 aliphatic carbocycles. The standard InChI is InChI=1S/C33H35F4NO6/c1-19-15-25(38(17-20-5-11-23(42-2)12-6-20)18-21-7-13-24(43-3)14-8-21)31(34)29(30(19)33(35,36)37)32(41)28(22-9-10-22)26(39)16-27(40)44-4/h5-8,11-15,22,28,32,41H,9-10,16-18H2,1-4H3. The number of Topliss-reactive ketones (excluding diaryl/α,β-unsaturated/α-hetero) is 1. The van der Waals surface area contributed by atoms with Gasteiger partial charge in [0.2, 0.25) is 0 Å². The molecule has 3 aromatic carbocycles. The Morgan fingerprint density at radius 2 is 1.43 bits per heavy atom. The molecule has 0 spiro atoms. The zero-order chi connectivity index (χ0) is 32.2. The van der Waals surface area contributed by atoms with Crippen molar-refractivity contribution < 1.29 is 46.5 Å². The second-order valence-corrected chi connectivity index (χ2v) is 10.9. The van der Waals surface area contributed by atoms with Gasteiger partial charge in [0.1, 0.15) is 23.7 Å². The number of aliphatic hydroxyl groups excluding tert-OH is 1. The summed E-state index contributed by atoms with van der Waals surface area (Å²) in [7, 11) is 4.11. The maximum atomic E-state index is 16.7. The molecule has 1 aliphatic rings. The lowest BCUT2D eigenvalue weighted by Gasteiger charge is -2.31. The number of carbonyl (C=O) groups excluding carboxylic acids is 2. The molecule has 1 saturated carbocycles. The summed E-state index contributed by atoms with van der Waals surface area (Å²) in [6.45, 7) is 1.39. The number of rotatable bonds is 13. The van der Waals surface area contributed by atoms with Gasteiger partial charge in [-0.2, -0.15) is 13.2 Å². The molecule has 4 rings (SSSR count). The van der Waals surface area contributed by atoms with Gasteiger partial charge in [-0.05, 0) is 72.7 Å². The van der Waals surface area contributed by atoms with E-state index in [1.165, 1.54) is 21.1 Å². The van der Waals surface area contributed by atoms with Crippen LogP contribution in [-0.2, 0) is 33.6 Å². The molecule has 236 valence electrons. The number of benzene rings is 3. The van der Waals surface area contributed by atoms with Crippen molar-refractivity contribution in [2.24, 2.45) is 11.8 Å². The lowest BCUT2D eigenvalue weighted by Crippen LogP contribution is -2.31. The number of methoxy groups -OCH3 is 3. The summed E-state index contributed by atoms with van der Waals surface area (Å²) >= 11 is 0. The Hall–Kier alpha value is -4.12. The second-order valence-electron chi connectivity index (χ2n) is 10.9. The third-order valence-electron chi connectivity index (χ3n) is 7.85. The van der Waals surface area contributed by atoms with E-state index in [0.29, 0.717) is 24.3 Å². The molecule has 3 aromatic rings. The third-order valence-corrected chi connectivity index (χ3v) is 7.85. The predicted octanol–water partition coefficient (Wildman–Crippen LogP) is 6.57. The van der Waals surface area contributed by atoms with E-state index in [2.05, 4.69) is 4.74 Å². The number of halogens is 4. The minimum Gasteiger partial charge on any atom is -0.497 e. The van der Waals surface area contributed by atoms with Gasteiger partial charge in [-0.3, -0.25) is 9.59 Å². The highest BCUT2D eigenvalue weighted by Crippen LogP contribution is 2.49. The number of anilines is 1. The van der Waals surface area contributed by atoms with E-state index in [4.69, 9.17) is 9.47 Å². The number of ether oxygens (including phenoxy) is 3. The quantitative estimate of drug-likeness (QED) is 0.132. The van der Waals surface area contributed by atoms with Crippen LogP contribution in [0.1, 0.15) is 53.2 Å². The summed E-state index contributed by atoms with van der Waals surface area (Å²) in [5, 5.41) is 11.4. The van der Waals surface area contributed by atoms with Crippen LogP contribution in [0.3, 0.4) is 0 Å². The Labute approximate surface area is 253 Å². The minimum atomic E-state index is -5.03. The summed E-state index contributed by atoms with van der Waals surface area (Å²) in [5.41, 5.74) is -1.38. The monoisotopic (exact) mass is 617 g/mol. The van der Waals surface area contributed by atoms with Crippen LogP contribution in [0.2, 0.25) is 0 Å². The molecule has 11 heteroatoms. The first kappa shape index (κ1) is 32.8. The number of aliphatic hydroxyl groups is 1. The molecular weight excluding hydrogens is 582 g/mol. The first-order chi connectivity index (χ1) is 20.9. The number of alkyl halides is 3.